The molecule has 0 saturated carbocycles. The lowest BCUT2D eigenvalue weighted by Crippen LogP contribution is -2.07. The summed E-state index contributed by atoms with van der Waals surface area (Å²) < 4.78 is 0. The standard InChI is InChI=1S/C13H19ClO/c1-3-4-12(15)7-5-11-6-8-13(14)10(2)9-11/h6,8-9,12,15H,3-5,7H2,1-2H3. The van der Waals surface area contributed by atoms with Crippen molar-refractivity contribution in [1.82, 2.24) is 0 Å². The second-order valence-electron chi connectivity index (χ2n) is 4.06. The Hall–Kier alpha value is -0.530. The van der Waals surface area contributed by atoms with E-state index in [-0.39, 0.29) is 6.10 Å². The zero-order valence-corrected chi connectivity index (χ0v) is 10.2. The monoisotopic (exact) mass is 226 g/mol. The van der Waals surface area contributed by atoms with E-state index in [1.165, 1.54) is 5.56 Å². The molecule has 0 bridgehead atoms. The van der Waals surface area contributed by atoms with E-state index >= 15 is 0 Å². The van der Waals surface area contributed by atoms with Gasteiger partial charge in [0.1, 0.15) is 0 Å². The molecule has 1 N–H and O–H groups in total. The highest BCUT2D eigenvalue weighted by Gasteiger charge is 2.04. The Labute approximate surface area is 97.1 Å². The number of hydrogen-bond acceptors (Lipinski definition) is 1. The maximum absolute atomic E-state index is 9.61. The molecule has 1 unspecified atom stereocenters. The van der Waals surface area contributed by atoms with Gasteiger partial charge < -0.3 is 5.11 Å². The first-order valence-electron chi connectivity index (χ1n) is 5.56. The predicted octanol–water partition coefficient (Wildman–Crippen LogP) is 3.74. The van der Waals surface area contributed by atoms with Crippen LogP contribution in [0, 0.1) is 6.92 Å². The minimum Gasteiger partial charge on any atom is -0.393 e. The summed E-state index contributed by atoms with van der Waals surface area (Å²) in [5.41, 5.74) is 2.37. The van der Waals surface area contributed by atoms with Gasteiger partial charge in [-0.2, -0.15) is 0 Å². The molecular weight excluding hydrogens is 208 g/mol. The molecule has 0 radical (unpaired) electrons. The number of benzene rings is 1. The van der Waals surface area contributed by atoms with Gasteiger partial charge in [0.05, 0.1) is 6.10 Å². The zero-order valence-electron chi connectivity index (χ0n) is 9.46. The lowest BCUT2D eigenvalue weighted by Gasteiger charge is -2.09. The van der Waals surface area contributed by atoms with Gasteiger partial charge in [-0.15, -0.1) is 0 Å². The van der Waals surface area contributed by atoms with Crippen LogP contribution in [0.15, 0.2) is 18.2 Å². The van der Waals surface area contributed by atoms with Crippen LogP contribution in [-0.2, 0) is 6.42 Å². The highest BCUT2D eigenvalue weighted by atomic mass is 35.5. The molecule has 0 spiro atoms. The fourth-order valence-corrected chi connectivity index (χ4v) is 1.79. The molecule has 1 aromatic rings. The Morgan fingerprint density at radius 1 is 1.33 bits per heavy atom. The third-order valence-electron chi connectivity index (χ3n) is 2.61. The second kappa shape index (κ2) is 6.14. The highest BCUT2D eigenvalue weighted by molar-refractivity contribution is 6.31. The maximum atomic E-state index is 9.61. The van der Waals surface area contributed by atoms with Crippen LogP contribution in [0.4, 0.5) is 0 Å². The Balaban J connectivity index is 2.47. The largest absolute Gasteiger partial charge is 0.393 e. The number of halogens is 1. The Kier molecular flexibility index (Phi) is 5.13. The average Bonchev–Trinajstić information content (AvgIpc) is 2.20. The van der Waals surface area contributed by atoms with Crippen molar-refractivity contribution in [2.45, 2.75) is 45.6 Å². The fourth-order valence-electron chi connectivity index (χ4n) is 1.67. The van der Waals surface area contributed by atoms with Gasteiger partial charge in [0.15, 0.2) is 0 Å². The molecular formula is C13H19ClO. The van der Waals surface area contributed by atoms with Gasteiger partial charge in [-0.25, -0.2) is 0 Å². The van der Waals surface area contributed by atoms with Gasteiger partial charge in [-0.1, -0.05) is 37.1 Å². The molecule has 0 aromatic heterocycles. The van der Waals surface area contributed by atoms with Crippen LogP contribution in [0.3, 0.4) is 0 Å². The topological polar surface area (TPSA) is 20.2 Å². The minimum absolute atomic E-state index is 0.161. The SMILES string of the molecule is CCCC(O)CCc1ccc(Cl)c(C)c1. The summed E-state index contributed by atoms with van der Waals surface area (Å²) in [7, 11) is 0. The van der Waals surface area contributed by atoms with E-state index in [0.717, 1.165) is 36.3 Å². The molecule has 1 nitrogen and oxygen atoms in total. The molecule has 0 heterocycles. The molecule has 84 valence electrons. The first-order valence-corrected chi connectivity index (χ1v) is 5.94. The Morgan fingerprint density at radius 3 is 2.67 bits per heavy atom. The van der Waals surface area contributed by atoms with Crippen molar-refractivity contribution in [3.05, 3.63) is 34.3 Å². The van der Waals surface area contributed by atoms with E-state index in [0.29, 0.717) is 0 Å². The molecule has 0 fully saturated rings. The van der Waals surface area contributed by atoms with Crippen LogP contribution in [0.1, 0.15) is 37.3 Å². The summed E-state index contributed by atoms with van der Waals surface area (Å²) in [6, 6.07) is 6.06. The van der Waals surface area contributed by atoms with Crippen LogP contribution in [0.2, 0.25) is 5.02 Å². The molecule has 0 amide bonds. The molecule has 0 aliphatic heterocycles. The number of aliphatic hydroxyl groups excluding tert-OH is 1. The first kappa shape index (κ1) is 12.5. The van der Waals surface area contributed by atoms with Crippen LogP contribution in [0.5, 0.6) is 0 Å². The van der Waals surface area contributed by atoms with E-state index in [1.807, 2.05) is 19.1 Å². The van der Waals surface area contributed by atoms with Crippen LogP contribution >= 0.6 is 11.6 Å². The molecule has 0 aliphatic carbocycles. The van der Waals surface area contributed by atoms with Crippen LogP contribution in [-0.4, -0.2) is 11.2 Å². The fraction of sp³-hybridized carbons (Fsp3) is 0.538. The molecule has 0 aliphatic rings. The lowest BCUT2D eigenvalue weighted by atomic mass is 10.0. The van der Waals surface area contributed by atoms with Crippen molar-refractivity contribution in [2.75, 3.05) is 0 Å². The van der Waals surface area contributed by atoms with Gasteiger partial charge >= 0.3 is 0 Å². The predicted molar refractivity (Wildman–Crippen MR) is 65.4 cm³/mol. The van der Waals surface area contributed by atoms with Crippen molar-refractivity contribution in [2.24, 2.45) is 0 Å². The quantitative estimate of drug-likeness (QED) is 0.811. The van der Waals surface area contributed by atoms with Gasteiger partial charge in [0.2, 0.25) is 0 Å². The second-order valence-corrected chi connectivity index (χ2v) is 4.47. The summed E-state index contributed by atoms with van der Waals surface area (Å²) in [4.78, 5) is 0. The Bertz CT molecular complexity index is 309. The van der Waals surface area contributed by atoms with Crippen molar-refractivity contribution in [3.63, 3.8) is 0 Å². The van der Waals surface area contributed by atoms with Crippen molar-refractivity contribution >= 4 is 11.6 Å². The summed E-state index contributed by atoms with van der Waals surface area (Å²) in [5, 5.41) is 10.4. The van der Waals surface area contributed by atoms with E-state index < -0.39 is 0 Å². The summed E-state index contributed by atoms with van der Waals surface area (Å²) in [6.45, 7) is 4.10. The smallest absolute Gasteiger partial charge is 0.0543 e. The van der Waals surface area contributed by atoms with Crippen molar-refractivity contribution < 1.29 is 5.11 Å². The Morgan fingerprint density at radius 2 is 2.07 bits per heavy atom. The molecule has 1 atom stereocenters. The van der Waals surface area contributed by atoms with E-state index in [2.05, 4.69) is 13.0 Å². The van der Waals surface area contributed by atoms with Crippen LogP contribution in [0.25, 0.3) is 0 Å². The number of hydrogen-bond donors (Lipinski definition) is 1. The molecule has 1 aromatic carbocycles. The summed E-state index contributed by atoms with van der Waals surface area (Å²) >= 11 is 5.94. The van der Waals surface area contributed by atoms with E-state index in [1.54, 1.807) is 0 Å². The summed E-state index contributed by atoms with van der Waals surface area (Å²) in [5.74, 6) is 0. The van der Waals surface area contributed by atoms with E-state index in [9.17, 15) is 5.11 Å². The molecule has 2 heteroatoms. The van der Waals surface area contributed by atoms with Gasteiger partial charge in [0.25, 0.3) is 0 Å². The van der Waals surface area contributed by atoms with Crippen molar-refractivity contribution in [3.8, 4) is 0 Å². The molecule has 15 heavy (non-hydrogen) atoms. The maximum Gasteiger partial charge on any atom is 0.0543 e. The van der Waals surface area contributed by atoms with Gasteiger partial charge in [-0.3, -0.25) is 0 Å². The third kappa shape index (κ3) is 4.23. The summed E-state index contributed by atoms with van der Waals surface area (Å²) in [6.07, 6.45) is 3.55. The molecule has 0 saturated heterocycles. The van der Waals surface area contributed by atoms with Crippen molar-refractivity contribution in [1.29, 1.82) is 0 Å². The van der Waals surface area contributed by atoms with Crippen LogP contribution < -0.4 is 0 Å². The number of aryl methyl sites for hydroxylation is 2. The number of aliphatic hydroxyl groups is 1. The average molecular weight is 227 g/mol. The normalized spacial score (nSPS) is 12.8. The highest BCUT2D eigenvalue weighted by Crippen LogP contribution is 2.18. The minimum atomic E-state index is -0.161. The molecule has 1 rings (SSSR count). The number of rotatable bonds is 5. The lowest BCUT2D eigenvalue weighted by molar-refractivity contribution is 0.154. The van der Waals surface area contributed by atoms with E-state index in [4.69, 9.17) is 11.6 Å². The van der Waals surface area contributed by atoms with Gasteiger partial charge in [-0.05, 0) is 43.4 Å². The third-order valence-corrected chi connectivity index (χ3v) is 3.03. The van der Waals surface area contributed by atoms with Gasteiger partial charge in [0, 0.05) is 5.02 Å². The zero-order chi connectivity index (χ0) is 11.3. The first-order chi connectivity index (χ1) is 7.13.